The first kappa shape index (κ1) is 10.4. The molecule has 0 saturated carbocycles. The molecule has 0 bridgehead atoms. The fourth-order valence-corrected chi connectivity index (χ4v) is 1.22. The zero-order valence-corrected chi connectivity index (χ0v) is 8.40. The molecule has 1 rings (SSSR count). The molecule has 0 aliphatic rings. The predicted molar refractivity (Wildman–Crippen MR) is 54.5 cm³/mol. The molecule has 0 saturated heterocycles. The van der Waals surface area contributed by atoms with Crippen molar-refractivity contribution in [2.24, 2.45) is 4.99 Å². The largest absolute Gasteiger partial charge is 0.508 e. The van der Waals surface area contributed by atoms with Gasteiger partial charge in [-0.25, -0.2) is 0 Å². The highest BCUT2D eigenvalue weighted by atomic mass is 16.5. The maximum atomic E-state index is 9.58. The van der Waals surface area contributed by atoms with Gasteiger partial charge in [-0.15, -0.1) is 0 Å². The zero-order valence-electron chi connectivity index (χ0n) is 8.40. The van der Waals surface area contributed by atoms with Crippen molar-refractivity contribution in [3.63, 3.8) is 0 Å². The zero-order chi connectivity index (χ0) is 10.7. The molecule has 0 aromatic heterocycles. The molecule has 0 fully saturated rings. The minimum atomic E-state index is -0.0371. The fourth-order valence-electron chi connectivity index (χ4n) is 1.22. The van der Waals surface area contributed by atoms with Crippen LogP contribution >= 0.6 is 0 Å². The van der Waals surface area contributed by atoms with E-state index >= 15 is 0 Å². The summed E-state index contributed by atoms with van der Waals surface area (Å²) in [5.74, 6) is 0.336. The molecule has 0 unspecified atom stereocenters. The summed E-state index contributed by atoms with van der Waals surface area (Å²) in [5, 5.41) is 18.8. The van der Waals surface area contributed by atoms with E-state index in [0.717, 1.165) is 0 Å². The number of phenols is 2. The molecule has 0 aliphatic heterocycles. The van der Waals surface area contributed by atoms with Gasteiger partial charge in [-0.3, -0.25) is 4.99 Å². The van der Waals surface area contributed by atoms with Crippen molar-refractivity contribution in [2.45, 2.75) is 6.92 Å². The minimum Gasteiger partial charge on any atom is -0.508 e. The highest BCUT2D eigenvalue weighted by Gasteiger charge is 2.12. The Hall–Kier alpha value is -1.71. The standard InChI is InChI=1S/C10H13NO3/c1-6(11-2)10-8(13)4-7(12)5-9(10)14-3/h4-5,12-13H,1-3H3. The van der Waals surface area contributed by atoms with Crippen LogP contribution in [-0.2, 0) is 0 Å². The highest BCUT2D eigenvalue weighted by molar-refractivity contribution is 6.03. The lowest BCUT2D eigenvalue weighted by atomic mass is 10.1. The third-order valence-electron chi connectivity index (χ3n) is 1.98. The molecule has 1 aromatic rings. The number of hydrogen-bond donors (Lipinski definition) is 2. The van der Waals surface area contributed by atoms with E-state index in [2.05, 4.69) is 4.99 Å². The van der Waals surface area contributed by atoms with Gasteiger partial charge in [0.1, 0.15) is 17.2 Å². The van der Waals surface area contributed by atoms with Gasteiger partial charge in [-0.1, -0.05) is 0 Å². The van der Waals surface area contributed by atoms with E-state index in [-0.39, 0.29) is 11.5 Å². The number of hydrogen-bond acceptors (Lipinski definition) is 4. The molecule has 0 heterocycles. The second-order valence-electron chi connectivity index (χ2n) is 2.85. The quantitative estimate of drug-likeness (QED) is 0.704. The van der Waals surface area contributed by atoms with E-state index in [0.29, 0.717) is 17.0 Å². The lowest BCUT2D eigenvalue weighted by Crippen LogP contribution is -1.99. The van der Waals surface area contributed by atoms with Gasteiger partial charge in [0, 0.05) is 24.9 Å². The summed E-state index contributed by atoms with van der Waals surface area (Å²) >= 11 is 0. The third kappa shape index (κ3) is 1.79. The van der Waals surface area contributed by atoms with Crippen LogP contribution in [0.1, 0.15) is 12.5 Å². The van der Waals surface area contributed by atoms with Gasteiger partial charge < -0.3 is 14.9 Å². The van der Waals surface area contributed by atoms with E-state index in [1.165, 1.54) is 19.2 Å². The number of rotatable bonds is 2. The summed E-state index contributed by atoms with van der Waals surface area (Å²) in [6, 6.07) is 2.69. The second kappa shape index (κ2) is 4.00. The number of ether oxygens (including phenoxy) is 1. The molecule has 14 heavy (non-hydrogen) atoms. The monoisotopic (exact) mass is 195 g/mol. The fraction of sp³-hybridized carbons (Fsp3) is 0.300. The minimum absolute atomic E-state index is 0.0352. The van der Waals surface area contributed by atoms with Crippen molar-refractivity contribution in [2.75, 3.05) is 14.2 Å². The third-order valence-corrected chi connectivity index (χ3v) is 1.98. The van der Waals surface area contributed by atoms with Crippen LogP contribution < -0.4 is 4.74 Å². The van der Waals surface area contributed by atoms with E-state index in [9.17, 15) is 10.2 Å². The first-order chi connectivity index (χ1) is 6.60. The summed E-state index contributed by atoms with van der Waals surface area (Å²) in [4.78, 5) is 3.95. The lowest BCUT2D eigenvalue weighted by molar-refractivity contribution is 0.396. The molecule has 4 nitrogen and oxygen atoms in total. The maximum absolute atomic E-state index is 9.58. The van der Waals surface area contributed by atoms with Gasteiger partial charge in [0.25, 0.3) is 0 Å². The summed E-state index contributed by atoms with van der Waals surface area (Å²) in [7, 11) is 3.10. The molecule has 76 valence electrons. The van der Waals surface area contributed by atoms with Gasteiger partial charge in [-0.2, -0.15) is 0 Å². The Morgan fingerprint density at radius 2 is 2.00 bits per heavy atom. The number of phenolic OH excluding ortho intramolecular Hbond substituents is 2. The number of aliphatic imine (C=N–C) groups is 1. The molecule has 0 atom stereocenters. The normalized spacial score (nSPS) is 11.5. The van der Waals surface area contributed by atoms with Crippen LogP contribution in [0.4, 0.5) is 0 Å². The van der Waals surface area contributed by atoms with Crippen molar-refractivity contribution >= 4 is 5.71 Å². The van der Waals surface area contributed by atoms with E-state index < -0.39 is 0 Å². The first-order valence-corrected chi connectivity index (χ1v) is 4.14. The van der Waals surface area contributed by atoms with Gasteiger partial charge >= 0.3 is 0 Å². The molecule has 0 aliphatic carbocycles. The van der Waals surface area contributed by atoms with Gasteiger partial charge in [0.2, 0.25) is 0 Å². The molecule has 0 spiro atoms. The number of methoxy groups -OCH3 is 1. The van der Waals surface area contributed by atoms with Crippen LogP contribution in [0.15, 0.2) is 17.1 Å². The molecular formula is C10H13NO3. The molecule has 0 radical (unpaired) electrons. The summed E-state index contributed by atoms with van der Waals surface area (Å²) < 4.78 is 5.03. The van der Waals surface area contributed by atoms with Gasteiger partial charge in [-0.05, 0) is 6.92 Å². The molecular weight excluding hydrogens is 182 g/mol. The molecule has 1 aromatic carbocycles. The average molecular weight is 195 g/mol. The van der Waals surface area contributed by atoms with Crippen LogP contribution in [0.3, 0.4) is 0 Å². The number of benzene rings is 1. The Morgan fingerprint density at radius 3 is 2.50 bits per heavy atom. The molecule has 2 N–H and O–H groups in total. The van der Waals surface area contributed by atoms with Crippen LogP contribution in [-0.4, -0.2) is 30.1 Å². The van der Waals surface area contributed by atoms with Crippen molar-refractivity contribution in [1.29, 1.82) is 0 Å². The van der Waals surface area contributed by atoms with Crippen LogP contribution in [0.2, 0.25) is 0 Å². The van der Waals surface area contributed by atoms with Crippen molar-refractivity contribution in [1.82, 2.24) is 0 Å². The van der Waals surface area contributed by atoms with Gasteiger partial charge in [0.05, 0.1) is 12.7 Å². The topological polar surface area (TPSA) is 62.1 Å². The SMILES string of the molecule is CN=C(C)c1c(O)cc(O)cc1OC. The second-order valence-corrected chi connectivity index (χ2v) is 2.85. The van der Waals surface area contributed by atoms with Crippen molar-refractivity contribution in [3.8, 4) is 17.2 Å². The smallest absolute Gasteiger partial charge is 0.135 e. The van der Waals surface area contributed by atoms with Crippen LogP contribution in [0.5, 0.6) is 17.2 Å². The van der Waals surface area contributed by atoms with Crippen LogP contribution in [0, 0.1) is 0 Å². The van der Waals surface area contributed by atoms with Crippen molar-refractivity contribution < 1.29 is 14.9 Å². The number of aromatic hydroxyl groups is 2. The van der Waals surface area contributed by atoms with Gasteiger partial charge in [0.15, 0.2) is 0 Å². The summed E-state index contributed by atoms with van der Waals surface area (Å²) in [5.41, 5.74) is 1.16. The van der Waals surface area contributed by atoms with E-state index in [4.69, 9.17) is 4.74 Å². The van der Waals surface area contributed by atoms with E-state index in [1.807, 2.05) is 0 Å². The maximum Gasteiger partial charge on any atom is 0.135 e. The first-order valence-electron chi connectivity index (χ1n) is 4.14. The summed E-state index contributed by atoms with van der Waals surface area (Å²) in [6.45, 7) is 1.76. The Balaban J connectivity index is 3.40. The number of nitrogens with zero attached hydrogens (tertiary/aromatic N) is 1. The predicted octanol–water partition coefficient (Wildman–Crippen LogP) is 1.55. The Bertz CT molecular complexity index is 372. The molecule has 4 heteroatoms. The van der Waals surface area contributed by atoms with Crippen molar-refractivity contribution in [3.05, 3.63) is 17.7 Å². The summed E-state index contributed by atoms with van der Waals surface area (Å²) in [6.07, 6.45) is 0. The average Bonchev–Trinajstić information content (AvgIpc) is 2.15. The van der Waals surface area contributed by atoms with E-state index in [1.54, 1.807) is 14.0 Å². The highest BCUT2D eigenvalue weighted by Crippen LogP contribution is 2.32. The Morgan fingerprint density at radius 1 is 1.36 bits per heavy atom. The Kier molecular flexibility index (Phi) is 2.96. The Labute approximate surface area is 82.5 Å². The van der Waals surface area contributed by atoms with Crippen LogP contribution in [0.25, 0.3) is 0 Å². The lowest BCUT2D eigenvalue weighted by Gasteiger charge is -2.10. The molecule has 0 amide bonds.